The third kappa shape index (κ3) is 4.14. The summed E-state index contributed by atoms with van der Waals surface area (Å²) < 4.78 is 6.62. The third-order valence-electron chi connectivity index (χ3n) is 4.88. The van der Waals surface area contributed by atoms with Crippen LogP contribution in [0.15, 0.2) is 55.1 Å². The Labute approximate surface area is 173 Å². The second-order valence-electron chi connectivity index (χ2n) is 6.76. The van der Waals surface area contributed by atoms with Gasteiger partial charge in [-0.2, -0.15) is 5.10 Å². The van der Waals surface area contributed by atoms with E-state index in [4.69, 9.17) is 4.74 Å². The van der Waals surface area contributed by atoms with Crippen molar-refractivity contribution in [2.45, 2.75) is 6.92 Å². The molecule has 9 heteroatoms. The van der Waals surface area contributed by atoms with Crippen molar-refractivity contribution in [2.75, 3.05) is 37.7 Å². The van der Waals surface area contributed by atoms with Crippen LogP contribution in [0.25, 0.3) is 5.82 Å². The molecule has 0 aromatic carbocycles. The molecule has 0 N–H and O–H groups in total. The number of nitrogens with zero attached hydrogens (tertiary/aromatic N) is 6. The molecule has 0 spiro atoms. The number of rotatable bonds is 5. The summed E-state index contributed by atoms with van der Waals surface area (Å²) >= 11 is 0. The Bertz CT molecular complexity index is 994. The van der Waals surface area contributed by atoms with Crippen LogP contribution in [-0.4, -0.2) is 69.3 Å². The van der Waals surface area contributed by atoms with Gasteiger partial charge in [-0.3, -0.25) is 4.79 Å². The van der Waals surface area contributed by atoms with Crippen LogP contribution in [0.4, 0.5) is 5.82 Å². The van der Waals surface area contributed by atoms with Crippen molar-refractivity contribution in [3.63, 3.8) is 0 Å². The van der Waals surface area contributed by atoms with E-state index in [2.05, 4.69) is 20.0 Å². The van der Waals surface area contributed by atoms with E-state index in [0.29, 0.717) is 49.7 Å². The topological polar surface area (TPSA) is 93.5 Å². The van der Waals surface area contributed by atoms with E-state index in [-0.39, 0.29) is 11.9 Å². The SMILES string of the molecule is CCOC(=O)c1ccc(N2CCN(C(=O)c3ccc(-n4cccn4)nc3)CC2)nc1. The van der Waals surface area contributed by atoms with Crippen LogP contribution in [-0.2, 0) is 4.74 Å². The van der Waals surface area contributed by atoms with Crippen molar-refractivity contribution in [1.29, 1.82) is 0 Å². The Morgan fingerprint density at radius 1 is 0.967 bits per heavy atom. The molecular formula is C21H22N6O3. The van der Waals surface area contributed by atoms with Crippen LogP contribution in [0.2, 0.25) is 0 Å². The highest BCUT2D eigenvalue weighted by Crippen LogP contribution is 2.16. The molecule has 30 heavy (non-hydrogen) atoms. The van der Waals surface area contributed by atoms with Gasteiger partial charge >= 0.3 is 5.97 Å². The van der Waals surface area contributed by atoms with E-state index in [1.807, 2.05) is 17.0 Å². The normalized spacial score (nSPS) is 13.9. The van der Waals surface area contributed by atoms with Gasteiger partial charge in [0.1, 0.15) is 5.82 Å². The Morgan fingerprint density at radius 3 is 2.27 bits per heavy atom. The summed E-state index contributed by atoms with van der Waals surface area (Å²) in [5.74, 6) is 1.03. The number of amides is 1. The van der Waals surface area contributed by atoms with Crippen molar-refractivity contribution in [3.05, 3.63) is 66.2 Å². The molecule has 0 aliphatic carbocycles. The smallest absolute Gasteiger partial charge is 0.339 e. The molecule has 0 unspecified atom stereocenters. The molecule has 1 saturated heterocycles. The van der Waals surface area contributed by atoms with E-state index in [1.54, 1.807) is 48.4 Å². The summed E-state index contributed by atoms with van der Waals surface area (Å²) in [4.78, 5) is 37.2. The monoisotopic (exact) mass is 406 g/mol. The first-order valence-electron chi connectivity index (χ1n) is 9.79. The second kappa shape index (κ2) is 8.73. The molecule has 154 valence electrons. The Morgan fingerprint density at radius 2 is 1.67 bits per heavy atom. The van der Waals surface area contributed by atoms with E-state index < -0.39 is 0 Å². The van der Waals surface area contributed by atoms with Gasteiger partial charge in [-0.15, -0.1) is 0 Å². The molecule has 1 fully saturated rings. The molecule has 9 nitrogen and oxygen atoms in total. The standard InChI is InChI=1S/C21H22N6O3/c1-2-30-21(29)17-5-6-18(22-15-17)25-10-12-26(13-11-25)20(28)16-4-7-19(23-14-16)27-9-3-8-24-27/h3-9,14-15H,2,10-13H2,1H3. The number of ether oxygens (including phenoxy) is 1. The Balaban J connectivity index is 1.35. The zero-order chi connectivity index (χ0) is 20.9. The average Bonchev–Trinajstić information content (AvgIpc) is 3.34. The number of piperazine rings is 1. The van der Waals surface area contributed by atoms with Crippen molar-refractivity contribution in [1.82, 2.24) is 24.6 Å². The minimum Gasteiger partial charge on any atom is -0.462 e. The molecule has 0 atom stereocenters. The average molecular weight is 406 g/mol. The van der Waals surface area contributed by atoms with Crippen LogP contribution < -0.4 is 4.90 Å². The minimum atomic E-state index is -0.376. The minimum absolute atomic E-state index is 0.0419. The predicted octanol–water partition coefficient (Wildman–Crippen LogP) is 1.80. The molecule has 4 rings (SSSR count). The molecule has 4 heterocycles. The lowest BCUT2D eigenvalue weighted by atomic mass is 10.2. The lowest BCUT2D eigenvalue weighted by molar-refractivity contribution is 0.0525. The van der Waals surface area contributed by atoms with Crippen LogP contribution >= 0.6 is 0 Å². The van der Waals surface area contributed by atoms with Crippen LogP contribution in [0, 0.1) is 0 Å². The highest BCUT2D eigenvalue weighted by atomic mass is 16.5. The molecule has 1 aliphatic heterocycles. The maximum atomic E-state index is 12.8. The van der Waals surface area contributed by atoms with Gasteiger partial charge in [-0.25, -0.2) is 19.4 Å². The lowest BCUT2D eigenvalue weighted by Gasteiger charge is -2.35. The van der Waals surface area contributed by atoms with Gasteiger partial charge in [0.25, 0.3) is 5.91 Å². The molecule has 0 bridgehead atoms. The van der Waals surface area contributed by atoms with Crippen LogP contribution in [0.3, 0.4) is 0 Å². The van der Waals surface area contributed by atoms with Crippen molar-refractivity contribution < 1.29 is 14.3 Å². The first-order valence-corrected chi connectivity index (χ1v) is 9.79. The molecule has 0 saturated carbocycles. The van der Waals surface area contributed by atoms with Gasteiger partial charge in [0.2, 0.25) is 0 Å². The molecule has 3 aromatic rings. The van der Waals surface area contributed by atoms with Gasteiger partial charge in [0.05, 0.1) is 17.7 Å². The molecule has 0 radical (unpaired) electrons. The zero-order valence-electron chi connectivity index (χ0n) is 16.6. The van der Waals surface area contributed by atoms with Crippen molar-refractivity contribution in [3.8, 4) is 5.82 Å². The van der Waals surface area contributed by atoms with Gasteiger partial charge < -0.3 is 14.5 Å². The van der Waals surface area contributed by atoms with E-state index in [0.717, 1.165) is 5.82 Å². The quantitative estimate of drug-likeness (QED) is 0.597. The summed E-state index contributed by atoms with van der Waals surface area (Å²) in [6, 6.07) is 8.89. The second-order valence-corrected chi connectivity index (χ2v) is 6.76. The number of hydrogen-bond acceptors (Lipinski definition) is 7. The number of hydrogen-bond donors (Lipinski definition) is 0. The summed E-state index contributed by atoms with van der Waals surface area (Å²) in [6.07, 6.45) is 6.59. The summed E-state index contributed by atoms with van der Waals surface area (Å²) in [7, 11) is 0. The maximum absolute atomic E-state index is 12.8. The van der Waals surface area contributed by atoms with Crippen molar-refractivity contribution in [2.24, 2.45) is 0 Å². The first-order chi connectivity index (χ1) is 14.7. The highest BCUT2D eigenvalue weighted by molar-refractivity contribution is 5.94. The fourth-order valence-corrected chi connectivity index (χ4v) is 3.28. The third-order valence-corrected chi connectivity index (χ3v) is 4.88. The molecule has 1 aliphatic rings. The Kier molecular flexibility index (Phi) is 5.69. The summed E-state index contributed by atoms with van der Waals surface area (Å²) in [6.45, 7) is 4.59. The molecular weight excluding hydrogens is 384 g/mol. The van der Waals surface area contributed by atoms with Gasteiger partial charge in [0, 0.05) is 51.0 Å². The number of esters is 1. The van der Waals surface area contributed by atoms with Gasteiger partial charge in [-0.1, -0.05) is 0 Å². The molecule has 3 aromatic heterocycles. The fraction of sp³-hybridized carbons (Fsp3) is 0.286. The fourth-order valence-electron chi connectivity index (χ4n) is 3.28. The largest absolute Gasteiger partial charge is 0.462 e. The number of carbonyl (C=O) groups is 2. The summed E-state index contributed by atoms with van der Waals surface area (Å²) in [5.41, 5.74) is 0.983. The summed E-state index contributed by atoms with van der Waals surface area (Å²) in [5, 5.41) is 4.13. The zero-order valence-corrected chi connectivity index (χ0v) is 16.6. The van der Waals surface area contributed by atoms with E-state index in [1.165, 1.54) is 6.20 Å². The number of anilines is 1. The number of aromatic nitrogens is 4. The van der Waals surface area contributed by atoms with E-state index >= 15 is 0 Å². The van der Waals surface area contributed by atoms with Gasteiger partial charge in [0.15, 0.2) is 5.82 Å². The van der Waals surface area contributed by atoms with Crippen LogP contribution in [0.5, 0.6) is 0 Å². The predicted molar refractivity (Wildman–Crippen MR) is 110 cm³/mol. The van der Waals surface area contributed by atoms with Crippen LogP contribution in [0.1, 0.15) is 27.6 Å². The maximum Gasteiger partial charge on any atom is 0.339 e. The Hall–Kier alpha value is -3.75. The van der Waals surface area contributed by atoms with Gasteiger partial charge in [-0.05, 0) is 37.3 Å². The first kappa shape index (κ1) is 19.6. The highest BCUT2D eigenvalue weighted by Gasteiger charge is 2.23. The molecule has 1 amide bonds. The van der Waals surface area contributed by atoms with E-state index in [9.17, 15) is 9.59 Å². The number of carbonyl (C=O) groups excluding carboxylic acids is 2. The number of pyridine rings is 2. The van der Waals surface area contributed by atoms with Crippen molar-refractivity contribution >= 4 is 17.7 Å². The lowest BCUT2D eigenvalue weighted by Crippen LogP contribution is -2.49.